The molecule has 2 aromatic carbocycles. The van der Waals surface area contributed by atoms with Gasteiger partial charge in [0.05, 0.1) is 34.4 Å². The number of aromatic nitrogens is 1. The van der Waals surface area contributed by atoms with Gasteiger partial charge in [0.15, 0.2) is 5.54 Å². The third-order valence-corrected chi connectivity index (χ3v) is 10.8. The van der Waals surface area contributed by atoms with E-state index in [1.807, 2.05) is 0 Å². The molecule has 0 spiro atoms. The first-order chi connectivity index (χ1) is 22.2. The minimum atomic E-state index is -4.44. The maximum absolute atomic E-state index is 14.9. The van der Waals surface area contributed by atoms with Crippen LogP contribution in [0.25, 0.3) is 0 Å². The molecule has 46 heavy (non-hydrogen) atoms. The van der Waals surface area contributed by atoms with Gasteiger partial charge in [0, 0.05) is 44.0 Å². The van der Waals surface area contributed by atoms with E-state index in [0.29, 0.717) is 32.2 Å². The predicted molar refractivity (Wildman–Crippen MR) is 171 cm³/mol. The number of hydrogen-bond acceptors (Lipinski definition) is 9. The van der Waals surface area contributed by atoms with Crippen LogP contribution < -0.4 is 14.4 Å². The van der Waals surface area contributed by atoms with Crippen LogP contribution in [-0.4, -0.2) is 99.0 Å². The number of amides is 3. The lowest BCUT2D eigenvalue weighted by atomic mass is 9.83. The maximum atomic E-state index is 14.9. The molecule has 240 valence electrons. The normalized spacial score (nSPS) is 21.1. The van der Waals surface area contributed by atoms with Gasteiger partial charge >= 0.3 is 6.03 Å². The molecule has 2 saturated heterocycles. The van der Waals surface area contributed by atoms with E-state index in [-0.39, 0.29) is 39.8 Å². The third-order valence-electron chi connectivity index (χ3n) is 9.09. The molecule has 13 heteroatoms. The second-order valence-electron chi connectivity index (χ2n) is 11.8. The van der Waals surface area contributed by atoms with Gasteiger partial charge in [-0.3, -0.25) is 9.69 Å². The highest BCUT2D eigenvalue weighted by Crippen LogP contribution is 2.49. The highest BCUT2D eigenvalue weighted by Gasteiger charge is 2.59. The first-order valence-electron chi connectivity index (χ1n) is 15.5. The van der Waals surface area contributed by atoms with Crippen LogP contribution in [0.5, 0.6) is 5.88 Å². The summed E-state index contributed by atoms with van der Waals surface area (Å²) in [6, 6.07) is 17.2. The first-order valence-corrected chi connectivity index (χ1v) is 16.9. The summed E-state index contributed by atoms with van der Waals surface area (Å²) in [4.78, 5) is 39.8. The van der Waals surface area contributed by atoms with E-state index < -0.39 is 27.5 Å². The molecule has 3 aliphatic heterocycles. The summed E-state index contributed by atoms with van der Waals surface area (Å²) in [6.07, 6.45) is 3.65. The second-order valence-corrected chi connectivity index (χ2v) is 13.5. The average molecular weight is 644 g/mol. The van der Waals surface area contributed by atoms with Gasteiger partial charge in [0.2, 0.25) is 5.88 Å². The van der Waals surface area contributed by atoms with Crippen LogP contribution in [0, 0.1) is 11.3 Å². The average Bonchev–Trinajstić information content (AvgIpc) is 3.33. The number of fused-ring (bicyclic) bond motifs is 1. The minimum Gasteiger partial charge on any atom is -0.478 e. The number of likely N-dealkylation sites (tertiary alicyclic amines) is 1. The molecule has 6 rings (SSSR count). The number of nitriles is 1. The molecule has 3 aromatic rings. The van der Waals surface area contributed by atoms with Crippen LogP contribution in [0.4, 0.5) is 10.5 Å². The molecular formula is C33H37N7O5S. The molecule has 0 bridgehead atoms. The number of nitrogens with zero attached hydrogens (tertiary/aromatic N) is 6. The van der Waals surface area contributed by atoms with Gasteiger partial charge in [-0.1, -0.05) is 18.2 Å². The van der Waals surface area contributed by atoms with Crippen LogP contribution in [0.2, 0.25) is 0 Å². The van der Waals surface area contributed by atoms with Gasteiger partial charge in [-0.25, -0.2) is 18.2 Å². The number of rotatable bonds is 7. The first kappa shape index (κ1) is 31.5. The number of benzene rings is 2. The van der Waals surface area contributed by atoms with Crippen molar-refractivity contribution in [2.75, 3.05) is 57.2 Å². The van der Waals surface area contributed by atoms with E-state index in [2.05, 4.69) is 33.2 Å². The summed E-state index contributed by atoms with van der Waals surface area (Å²) < 4.78 is 34.9. The lowest BCUT2D eigenvalue weighted by molar-refractivity contribution is -0.121. The zero-order chi connectivity index (χ0) is 32.5. The number of carbonyl (C=O) groups is 2. The Kier molecular flexibility index (Phi) is 8.69. The standard InChI is InChI=1S/C33H37N7O5S/c1-3-45-30-27(10-7-15-35-30)33(36-32(42)39-20-18-38(19-21-39)25-13-16-37(2)17-14-25)28-22-24(23-34)11-12-29(28)40(31(33)41)46(43,44)26-8-5-4-6-9-26/h4-12,15,22,25H,3,13-14,16-21H2,1-2H3,(H,36,42). The van der Waals surface area contributed by atoms with Crippen LogP contribution in [0.1, 0.15) is 36.5 Å². The topological polar surface area (TPSA) is 139 Å². The summed E-state index contributed by atoms with van der Waals surface area (Å²) >= 11 is 0. The lowest BCUT2D eigenvalue weighted by Gasteiger charge is -2.43. The number of urea groups is 1. The Morgan fingerprint density at radius 3 is 2.41 bits per heavy atom. The Bertz CT molecular complexity index is 1760. The van der Waals surface area contributed by atoms with Crippen molar-refractivity contribution in [2.45, 2.75) is 36.2 Å². The summed E-state index contributed by atoms with van der Waals surface area (Å²) in [5.41, 5.74) is -1.53. The van der Waals surface area contributed by atoms with Crippen molar-refractivity contribution in [3.05, 3.63) is 83.6 Å². The number of nitrogens with one attached hydrogen (secondary N) is 1. The molecular weight excluding hydrogens is 606 g/mol. The molecule has 1 unspecified atom stereocenters. The number of sulfonamides is 1. The number of hydrogen-bond donors (Lipinski definition) is 1. The van der Waals surface area contributed by atoms with Gasteiger partial charge in [0.25, 0.3) is 15.9 Å². The predicted octanol–water partition coefficient (Wildman–Crippen LogP) is 2.75. The Hall–Kier alpha value is -4.51. The van der Waals surface area contributed by atoms with Crippen molar-refractivity contribution < 1.29 is 22.7 Å². The summed E-state index contributed by atoms with van der Waals surface area (Å²) in [5.74, 6) is -0.855. The quantitative estimate of drug-likeness (QED) is 0.412. The molecule has 1 aromatic heterocycles. The summed E-state index contributed by atoms with van der Waals surface area (Å²) in [5, 5.41) is 12.8. The molecule has 4 heterocycles. The fraction of sp³-hybridized carbons (Fsp3) is 0.394. The number of piperidine rings is 1. The van der Waals surface area contributed by atoms with E-state index in [0.717, 1.165) is 30.2 Å². The number of ether oxygens (including phenoxy) is 1. The van der Waals surface area contributed by atoms with E-state index in [1.54, 1.807) is 42.2 Å². The second kappa shape index (κ2) is 12.7. The SMILES string of the molecule is CCOc1ncccc1C1(NC(=O)N2CCN(C3CCN(C)CC3)CC2)C(=O)N(S(=O)(=O)c2ccccc2)c2ccc(C#N)cc21. The third kappa shape index (κ3) is 5.46. The zero-order valence-electron chi connectivity index (χ0n) is 25.9. The van der Waals surface area contributed by atoms with Gasteiger partial charge in [0.1, 0.15) is 0 Å². The molecule has 0 radical (unpaired) electrons. The van der Waals surface area contributed by atoms with Gasteiger partial charge in [-0.2, -0.15) is 9.57 Å². The fourth-order valence-electron chi connectivity index (χ4n) is 6.66. The Morgan fingerprint density at radius 1 is 1.02 bits per heavy atom. The molecule has 0 aliphatic carbocycles. The van der Waals surface area contributed by atoms with E-state index in [9.17, 15) is 23.3 Å². The van der Waals surface area contributed by atoms with E-state index >= 15 is 0 Å². The van der Waals surface area contributed by atoms with Crippen LogP contribution >= 0.6 is 0 Å². The molecule has 3 aliphatic rings. The number of pyridine rings is 1. The van der Waals surface area contributed by atoms with Crippen molar-refractivity contribution in [1.29, 1.82) is 5.26 Å². The van der Waals surface area contributed by atoms with Crippen molar-refractivity contribution in [3.8, 4) is 11.9 Å². The number of piperazine rings is 1. The van der Waals surface area contributed by atoms with E-state index in [4.69, 9.17) is 4.74 Å². The van der Waals surface area contributed by atoms with Crippen LogP contribution in [0.3, 0.4) is 0 Å². The largest absolute Gasteiger partial charge is 0.478 e. The zero-order valence-corrected chi connectivity index (χ0v) is 26.7. The molecule has 3 amide bonds. The molecule has 1 N–H and O–H groups in total. The molecule has 12 nitrogen and oxygen atoms in total. The fourth-order valence-corrected chi connectivity index (χ4v) is 8.15. The number of carbonyl (C=O) groups excluding carboxylic acids is 2. The smallest absolute Gasteiger partial charge is 0.318 e. The minimum absolute atomic E-state index is 0.0338. The Labute approximate surface area is 269 Å². The van der Waals surface area contributed by atoms with Crippen molar-refractivity contribution in [2.24, 2.45) is 0 Å². The molecule has 0 saturated carbocycles. The summed E-state index contributed by atoms with van der Waals surface area (Å²) in [7, 11) is -2.32. The van der Waals surface area contributed by atoms with Crippen molar-refractivity contribution in [3.63, 3.8) is 0 Å². The highest BCUT2D eigenvalue weighted by molar-refractivity contribution is 7.93. The summed E-state index contributed by atoms with van der Waals surface area (Å²) in [6.45, 7) is 6.28. The lowest BCUT2D eigenvalue weighted by Crippen LogP contribution is -2.61. The van der Waals surface area contributed by atoms with Crippen molar-refractivity contribution >= 4 is 27.6 Å². The van der Waals surface area contributed by atoms with Crippen molar-refractivity contribution in [1.82, 2.24) is 25.0 Å². The monoisotopic (exact) mass is 643 g/mol. The van der Waals surface area contributed by atoms with Gasteiger partial charge in [-0.05, 0) is 82.4 Å². The van der Waals surface area contributed by atoms with Gasteiger partial charge in [-0.15, -0.1) is 0 Å². The van der Waals surface area contributed by atoms with Crippen LogP contribution in [-0.2, 0) is 20.4 Å². The molecule has 2 fully saturated rings. The van der Waals surface area contributed by atoms with Gasteiger partial charge < -0.3 is 19.9 Å². The molecule has 1 atom stereocenters. The maximum Gasteiger partial charge on any atom is 0.318 e. The number of anilines is 1. The van der Waals surface area contributed by atoms with Crippen LogP contribution in [0.15, 0.2) is 71.8 Å². The Balaban J connectivity index is 1.43. The van der Waals surface area contributed by atoms with E-state index in [1.165, 1.54) is 36.5 Å². The Morgan fingerprint density at radius 2 is 1.74 bits per heavy atom. The highest BCUT2D eigenvalue weighted by atomic mass is 32.2.